The Morgan fingerprint density at radius 1 is 1.10 bits per heavy atom. The molecule has 154 valence electrons. The zero-order valence-corrected chi connectivity index (χ0v) is 18.2. The Hall–Kier alpha value is -3.11. The van der Waals surface area contributed by atoms with Crippen molar-refractivity contribution in [3.05, 3.63) is 60.2 Å². The maximum absolute atomic E-state index is 12.0. The first-order chi connectivity index (χ1) is 14.4. The molecule has 7 heteroatoms. The van der Waals surface area contributed by atoms with E-state index in [-0.39, 0.29) is 17.1 Å². The second-order valence-corrected chi connectivity index (χ2v) is 8.79. The Morgan fingerprint density at radius 3 is 2.43 bits per heavy atom. The minimum absolute atomic E-state index is 0.0750. The van der Waals surface area contributed by atoms with Gasteiger partial charge in [0.25, 0.3) is 0 Å². The molecular formula is C23H25N5OS. The molecule has 0 unspecified atom stereocenters. The van der Waals surface area contributed by atoms with Crippen molar-refractivity contribution in [1.82, 2.24) is 20.1 Å². The molecule has 0 radical (unpaired) electrons. The number of hydrogen-bond acceptors (Lipinski definition) is 5. The van der Waals surface area contributed by atoms with E-state index < -0.39 is 0 Å². The van der Waals surface area contributed by atoms with Crippen molar-refractivity contribution in [2.45, 2.75) is 37.8 Å². The predicted octanol–water partition coefficient (Wildman–Crippen LogP) is 4.35. The molecule has 6 nitrogen and oxygen atoms in total. The zero-order valence-electron chi connectivity index (χ0n) is 17.4. The first kappa shape index (κ1) is 21.6. The summed E-state index contributed by atoms with van der Waals surface area (Å²) in [6.45, 7) is 6.91. The highest BCUT2D eigenvalue weighted by molar-refractivity contribution is 7.99. The summed E-state index contributed by atoms with van der Waals surface area (Å²) in [5.74, 6) is 0.808. The Bertz CT molecular complexity index is 1030. The van der Waals surface area contributed by atoms with Crippen molar-refractivity contribution in [3.8, 4) is 23.1 Å². The van der Waals surface area contributed by atoms with Gasteiger partial charge in [0.15, 0.2) is 11.0 Å². The first-order valence-corrected chi connectivity index (χ1v) is 10.8. The van der Waals surface area contributed by atoms with Crippen molar-refractivity contribution in [3.63, 3.8) is 0 Å². The van der Waals surface area contributed by atoms with E-state index in [0.717, 1.165) is 17.1 Å². The van der Waals surface area contributed by atoms with Crippen molar-refractivity contribution in [1.29, 1.82) is 5.26 Å². The molecule has 2 aromatic carbocycles. The summed E-state index contributed by atoms with van der Waals surface area (Å²) in [6.07, 6.45) is 0.297. The van der Waals surface area contributed by atoms with Crippen LogP contribution < -0.4 is 5.32 Å². The molecule has 0 fully saturated rings. The highest BCUT2D eigenvalue weighted by atomic mass is 32.2. The second kappa shape index (κ2) is 9.59. The standard InChI is InChI=1S/C23H25N5OS/c1-23(2,3)18-12-10-17(11-13-18)21-26-27-22(28(21)19-8-5-4-6-9-19)30-16-20(29)25-15-7-14-24/h4-6,8-13H,7,15-16H2,1-3H3,(H,25,29). The molecule has 1 N–H and O–H groups in total. The monoisotopic (exact) mass is 419 g/mol. The number of nitrogens with one attached hydrogen (secondary N) is 1. The van der Waals surface area contributed by atoms with E-state index >= 15 is 0 Å². The number of aromatic nitrogens is 3. The van der Waals surface area contributed by atoms with Gasteiger partial charge in [-0.1, -0.05) is 75.0 Å². The fourth-order valence-electron chi connectivity index (χ4n) is 2.92. The average Bonchev–Trinajstić information content (AvgIpc) is 3.16. The molecule has 0 spiro atoms. The van der Waals surface area contributed by atoms with Crippen LogP contribution in [0.3, 0.4) is 0 Å². The molecule has 1 aromatic heterocycles. The van der Waals surface area contributed by atoms with Crippen LogP contribution in [0.15, 0.2) is 59.8 Å². The maximum atomic E-state index is 12.0. The largest absolute Gasteiger partial charge is 0.354 e. The number of nitrogens with zero attached hydrogens (tertiary/aromatic N) is 4. The molecule has 0 aliphatic carbocycles. The molecule has 0 saturated heterocycles. The van der Waals surface area contributed by atoms with E-state index in [9.17, 15) is 4.79 Å². The van der Waals surface area contributed by atoms with E-state index in [1.165, 1.54) is 17.3 Å². The van der Waals surface area contributed by atoms with Crippen LogP contribution in [0, 0.1) is 11.3 Å². The number of carbonyl (C=O) groups is 1. The highest BCUT2D eigenvalue weighted by Crippen LogP contribution is 2.30. The van der Waals surface area contributed by atoms with Crippen LogP contribution in [0.2, 0.25) is 0 Å². The topological polar surface area (TPSA) is 83.6 Å². The van der Waals surface area contributed by atoms with Gasteiger partial charge in [-0.05, 0) is 23.1 Å². The van der Waals surface area contributed by atoms with Gasteiger partial charge in [0.2, 0.25) is 5.91 Å². The van der Waals surface area contributed by atoms with E-state index in [1.54, 1.807) is 0 Å². The normalized spacial score (nSPS) is 11.1. The van der Waals surface area contributed by atoms with Crippen LogP contribution in [0.4, 0.5) is 0 Å². The van der Waals surface area contributed by atoms with Crippen LogP contribution in [-0.2, 0) is 10.2 Å². The maximum Gasteiger partial charge on any atom is 0.230 e. The number of carbonyl (C=O) groups excluding carboxylic acids is 1. The highest BCUT2D eigenvalue weighted by Gasteiger charge is 2.18. The van der Waals surface area contributed by atoms with Crippen molar-refractivity contribution < 1.29 is 4.79 Å². The van der Waals surface area contributed by atoms with Crippen LogP contribution >= 0.6 is 11.8 Å². The molecule has 0 bridgehead atoms. The summed E-state index contributed by atoms with van der Waals surface area (Å²) in [6, 6.07) is 20.3. The third-order valence-electron chi connectivity index (χ3n) is 4.55. The molecule has 0 aliphatic rings. The van der Waals surface area contributed by atoms with Crippen molar-refractivity contribution in [2.75, 3.05) is 12.3 Å². The molecule has 0 atom stereocenters. The molecule has 3 aromatic rings. The minimum atomic E-state index is -0.131. The van der Waals surface area contributed by atoms with Gasteiger partial charge in [0.05, 0.1) is 18.2 Å². The molecule has 1 amide bonds. The zero-order chi connectivity index (χ0) is 21.6. The summed E-state index contributed by atoms with van der Waals surface area (Å²) in [4.78, 5) is 12.0. The van der Waals surface area contributed by atoms with Crippen LogP contribution in [0.5, 0.6) is 0 Å². The number of nitriles is 1. The van der Waals surface area contributed by atoms with Gasteiger partial charge in [-0.15, -0.1) is 10.2 Å². The van der Waals surface area contributed by atoms with Gasteiger partial charge in [-0.25, -0.2) is 0 Å². The lowest BCUT2D eigenvalue weighted by molar-refractivity contribution is -0.118. The smallest absolute Gasteiger partial charge is 0.230 e. The molecule has 0 saturated carbocycles. The van der Waals surface area contributed by atoms with E-state index in [1.807, 2.05) is 41.0 Å². The molecule has 3 rings (SSSR count). The Balaban J connectivity index is 1.89. The number of benzene rings is 2. The molecule has 0 aliphatic heterocycles. The summed E-state index contributed by atoms with van der Waals surface area (Å²) < 4.78 is 1.97. The number of amides is 1. The Labute approximate surface area is 181 Å². The lowest BCUT2D eigenvalue weighted by atomic mass is 9.87. The fraction of sp³-hybridized carbons (Fsp3) is 0.304. The predicted molar refractivity (Wildman–Crippen MR) is 119 cm³/mol. The lowest BCUT2D eigenvalue weighted by Gasteiger charge is -2.19. The first-order valence-electron chi connectivity index (χ1n) is 9.78. The van der Waals surface area contributed by atoms with Crippen LogP contribution in [-0.4, -0.2) is 33.0 Å². The SMILES string of the molecule is CC(C)(C)c1ccc(-c2nnc(SCC(=O)NCCC#N)n2-c2ccccc2)cc1. The summed E-state index contributed by atoms with van der Waals surface area (Å²) >= 11 is 1.33. The van der Waals surface area contributed by atoms with Gasteiger partial charge in [0.1, 0.15) is 0 Å². The van der Waals surface area contributed by atoms with Gasteiger partial charge < -0.3 is 5.32 Å². The third-order valence-corrected chi connectivity index (χ3v) is 5.48. The van der Waals surface area contributed by atoms with Crippen LogP contribution in [0.1, 0.15) is 32.8 Å². The number of hydrogen-bond donors (Lipinski definition) is 1. The number of rotatable bonds is 7. The second-order valence-electron chi connectivity index (χ2n) is 7.85. The average molecular weight is 420 g/mol. The third kappa shape index (κ3) is 5.28. The lowest BCUT2D eigenvalue weighted by Crippen LogP contribution is -2.26. The Morgan fingerprint density at radius 2 is 1.80 bits per heavy atom. The van der Waals surface area contributed by atoms with Gasteiger partial charge in [-0.3, -0.25) is 9.36 Å². The quantitative estimate of drug-likeness (QED) is 0.455. The summed E-state index contributed by atoms with van der Waals surface area (Å²) in [5.41, 5.74) is 3.22. The molecule has 30 heavy (non-hydrogen) atoms. The van der Waals surface area contributed by atoms with E-state index in [2.05, 4.69) is 60.6 Å². The van der Waals surface area contributed by atoms with E-state index in [4.69, 9.17) is 5.26 Å². The summed E-state index contributed by atoms with van der Waals surface area (Å²) in [7, 11) is 0. The van der Waals surface area contributed by atoms with Gasteiger partial charge in [-0.2, -0.15) is 5.26 Å². The minimum Gasteiger partial charge on any atom is -0.354 e. The number of thioether (sulfide) groups is 1. The van der Waals surface area contributed by atoms with Gasteiger partial charge in [0, 0.05) is 17.8 Å². The number of para-hydroxylation sites is 1. The van der Waals surface area contributed by atoms with Gasteiger partial charge >= 0.3 is 0 Å². The van der Waals surface area contributed by atoms with Crippen molar-refractivity contribution in [2.24, 2.45) is 0 Å². The van der Waals surface area contributed by atoms with E-state index in [0.29, 0.717) is 18.1 Å². The van der Waals surface area contributed by atoms with Crippen LogP contribution in [0.25, 0.3) is 17.1 Å². The van der Waals surface area contributed by atoms with Crippen molar-refractivity contribution >= 4 is 17.7 Å². The molecular weight excluding hydrogens is 394 g/mol. The fourth-order valence-corrected chi connectivity index (χ4v) is 3.70. The molecule has 1 heterocycles. The summed E-state index contributed by atoms with van der Waals surface area (Å²) in [5, 5.41) is 20.7. The Kier molecular flexibility index (Phi) is 6.91.